The fraction of sp³-hybridized carbons (Fsp3) is 0.794. The third-order valence-corrected chi connectivity index (χ3v) is 8.09. The Balaban J connectivity index is 1.67. The van der Waals surface area contributed by atoms with Crippen molar-refractivity contribution in [2.75, 3.05) is 26.2 Å². The zero-order chi connectivity index (χ0) is 30.8. The molecule has 0 radical (unpaired) electrons. The van der Waals surface area contributed by atoms with E-state index in [1.165, 1.54) is 43.2 Å². The van der Waals surface area contributed by atoms with E-state index in [2.05, 4.69) is 29.2 Å². The molecular formula is C34H58F3N3O2. The number of piperazine rings is 1. The molecule has 8 heteroatoms. The van der Waals surface area contributed by atoms with Crippen LogP contribution in [0.5, 0.6) is 0 Å². The molecule has 1 aromatic rings. The number of rotatable bonds is 20. The number of aryl methyl sites for hydroxylation is 1. The zero-order valence-corrected chi connectivity index (χ0v) is 26.7. The number of esters is 1. The fourth-order valence-electron chi connectivity index (χ4n) is 5.88. The molecule has 1 heterocycles. The van der Waals surface area contributed by atoms with Crippen molar-refractivity contribution in [3.8, 4) is 0 Å². The van der Waals surface area contributed by atoms with Crippen molar-refractivity contribution in [3.05, 3.63) is 35.4 Å². The van der Waals surface area contributed by atoms with Crippen LogP contribution in [0.3, 0.4) is 0 Å². The molecule has 42 heavy (non-hydrogen) atoms. The molecule has 2 N–H and O–H groups in total. The first kappa shape index (κ1) is 36.6. The first-order valence-electron chi connectivity index (χ1n) is 16.5. The molecule has 1 unspecified atom stereocenters. The average molecular weight is 598 g/mol. The summed E-state index contributed by atoms with van der Waals surface area (Å²) in [6.45, 7) is 9.52. The number of carbonyl (C=O) groups excluding carboxylic acids is 1. The lowest BCUT2D eigenvalue weighted by Crippen LogP contribution is -2.51. The Labute approximate surface area is 253 Å². The number of alkyl halides is 3. The van der Waals surface area contributed by atoms with Crippen LogP contribution in [0.25, 0.3) is 0 Å². The highest BCUT2D eigenvalue weighted by Crippen LogP contribution is 2.29. The van der Waals surface area contributed by atoms with Crippen molar-refractivity contribution in [1.82, 2.24) is 9.91 Å². The standard InChI is InChI=1S/C34H58F3N3O2/c1-33(2,3)42-32(41)23-15-11-7-5-9-13-19-25-39-26-27-40(38)28-31(39)30-22-17-16-21-29(30)20-14-10-6-4-8-12-18-24-34(35,36)37/h16-17,21-22,31H,4-15,18-20,23-28,38H2,1-3H3. The molecule has 1 fully saturated rings. The summed E-state index contributed by atoms with van der Waals surface area (Å²) in [6.07, 6.45) is 11.0. The number of nitrogens with two attached hydrogens (primary N) is 1. The first-order chi connectivity index (χ1) is 19.9. The van der Waals surface area contributed by atoms with Crippen molar-refractivity contribution < 1.29 is 22.7 Å². The molecule has 0 saturated carbocycles. The highest BCUT2D eigenvalue weighted by molar-refractivity contribution is 5.69. The summed E-state index contributed by atoms with van der Waals surface area (Å²) in [7, 11) is 0. The maximum atomic E-state index is 12.3. The second kappa shape index (κ2) is 19.6. The average Bonchev–Trinajstić information content (AvgIpc) is 2.90. The van der Waals surface area contributed by atoms with Crippen LogP contribution in [-0.4, -0.2) is 53.8 Å². The topological polar surface area (TPSA) is 58.8 Å². The fourth-order valence-corrected chi connectivity index (χ4v) is 5.88. The Hall–Kier alpha value is -1.64. The molecule has 2 rings (SSSR count). The van der Waals surface area contributed by atoms with Gasteiger partial charge in [-0.05, 0) is 70.5 Å². The summed E-state index contributed by atoms with van der Waals surface area (Å²) in [6, 6.07) is 9.09. The van der Waals surface area contributed by atoms with Gasteiger partial charge in [0.1, 0.15) is 5.60 Å². The summed E-state index contributed by atoms with van der Waals surface area (Å²) in [5, 5.41) is 1.95. The molecule has 0 spiro atoms. The number of nitrogens with zero attached hydrogens (tertiary/aromatic N) is 2. The van der Waals surface area contributed by atoms with Gasteiger partial charge < -0.3 is 4.74 Å². The Morgan fingerprint density at radius 1 is 0.833 bits per heavy atom. The van der Waals surface area contributed by atoms with Crippen LogP contribution in [0.15, 0.2) is 24.3 Å². The number of benzene rings is 1. The van der Waals surface area contributed by atoms with Crippen molar-refractivity contribution in [1.29, 1.82) is 0 Å². The quantitative estimate of drug-likeness (QED) is 0.0924. The van der Waals surface area contributed by atoms with E-state index in [-0.39, 0.29) is 12.4 Å². The molecule has 1 aliphatic rings. The number of hydrogen-bond donors (Lipinski definition) is 1. The lowest BCUT2D eigenvalue weighted by atomic mass is 9.93. The summed E-state index contributed by atoms with van der Waals surface area (Å²) < 4.78 is 42.2. The van der Waals surface area contributed by atoms with Crippen molar-refractivity contribution >= 4 is 5.97 Å². The summed E-state index contributed by atoms with van der Waals surface area (Å²) in [4.78, 5) is 14.4. The van der Waals surface area contributed by atoms with E-state index in [4.69, 9.17) is 10.6 Å². The smallest absolute Gasteiger partial charge is 0.389 e. The molecule has 1 saturated heterocycles. The Morgan fingerprint density at radius 2 is 1.40 bits per heavy atom. The Bertz CT molecular complexity index is 872. The van der Waals surface area contributed by atoms with Crippen LogP contribution >= 0.6 is 0 Å². The van der Waals surface area contributed by atoms with E-state index in [0.29, 0.717) is 18.9 Å². The van der Waals surface area contributed by atoms with E-state index < -0.39 is 18.2 Å². The van der Waals surface area contributed by atoms with Crippen molar-refractivity contribution in [2.24, 2.45) is 5.84 Å². The van der Waals surface area contributed by atoms with Crippen LogP contribution in [0.1, 0.15) is 141 Å². The minimum atomic E-state index is -4.02. The molecule has 0 aromatic heterocycles. The largest absolute Gasteiger partial charge is 0.460 e. The van der Waals surface area contributed by atoms with Gasteiger partial charge in [0.25, 0.3) is 0 Å². The maximum absolute atomic E-state index is 12.3. The third kappa shape index (κ3) is 16.9. The minimum Gasteiger partial charge on any atom is -0.460 e. The highest BCUT2D eigenvalue weighted by atomic mass is 19.4. The molecule has 0 aliphatic carbocycles. The lowest BCUT2D eigenvalue weighted by molar-refractivity contribution is -0.155. The van der Waals surface area contributed by atoms with Gasteiger partial charge in [0.2, 0.25) is 0 Å². The van der Waals surface area contributed by atoms with E-state index in [1.807, 2.05) is 25.8 Å². The number of ether oxygens (including phenoxy) is 1. The van der Waals surface area contributed by atoms with Crippen LogP contribution in [0, 0.1) is 0 Å². The second-order valence-electron chi connectivity index (χ2n) is 13.1. The molecule has 1 atom stereocenters. The number of unbranched alkanes of at least 4 members (excludes halogenated alkanes) is 12. The summed E-state index contributed by atoms with van der Waals surface area (Å²) >= 11 is 0. The monoisotopic (exact) mass is 597 g/mol. The zero-order valence-electron chi connectivity index (χ0n) is 26.7. The lowest BCUT2D eigenvalue weighted by Gasteiger charge is -2.40. The molecular weight excluding hydrogens is 539 g/mol. The van der Waals surface area contributed by atoms with Gasteiger partial charge in [0, 0.05) is 38.5 Å². The van der Waals surface area contributed by atoms with Gasteiger partial charge in [-0.3, -0.25) is 15.5 Å². The molecule has 242 valence electrons. The van der Waals surface area contributed by atoms with Gasteiger partial charge in [-0.1, -0.05) is 88.5 Å². The molecule has 1 aromatic carbocycles. The predicted molar refractivity (Wildman–Crippen MR) is 166 cm³/mol. The third-order valence-electron chi connectivity index (χ3n) is 8.09. The molecule has 1 aliphatic heterocycles. The molecule has 0 bridgehead atoms. The Morgan fingerprint density at radius 3 is 2.05 bits per heavy atom. The minimum absolute atomic E-state index is 0.0902. The van der Waals surface area contributed by atoms with Crippen LogP contribution in [0.2, 0.25) is 0 Å². The summed E-state index contributed by atoms with van der Waals surface area (Å²) in [5.41, 5.74) is 2.40. The van der Waals surface area contributed by atoms with E-state index in [9.17, 15) is 18.0 Å². The number of hydrogen-bond acceptors (Lipinski definition) is 5. The predicted octanol–water partition coefficient (Wildman–Crippen LogP) is 8.91. The van der Waals surface area contributed by atoms with Crippen LogP contribution < -0.4 is 5.84 Å². The summed E-state index contributed by atoms with van der Waals surface area (Å²) in [5.74, 6) is 6.20. The SMILES string of the molecule is CC(C)(C)OC(=O)CCCCCCCCCN1CCN(N)CC1c1ccccc1CCCCCCCCCC(F)(F)F. The van der Waals surface area contributed by atoms with Gasteiger partial charge in [-0.25, -0.2) is 5.01 Å². The van der Waals surface area contributed by atoms with Crippen LogP contribution in [0.4, 0.5) is 13.2 Å². The van der Waals surface area contributed by atoms with Crippen LogP contribution in [-0.2, 0) is 16.0 Å². The maximum Gasteiger partial charge on any atom is 0.389 e. The van der Waals surface area contributed by atoms with Gasteiger partial charge in [0.05, 0.1) is 0 Å². The van der Waals surface area contributed by atoms with E-state index in [1.54, 1.807) is 0 Å². The number of carbonyl (C=O) groups is 1. The van der Waals surface area contributed by atoms with E-state index in [0.717, 1.165) is 77.5 Å². The first-order valence-corrected chi connectivity index (χ1v) is 16.5. The van der Waals surface area contributed by atoms with Gasteiger partial charge in [0.15, 0.2) is 0 Å². The van der Waals surface area contributed by atoms with Gasteiger partial charge in [-0.15, -0.1) is 0 Å². The molecule has 0 amide bonds. The molecule has 5 nitrogen and oxygen atoms in total. The van der Waals surface area contributed by atoms with E-state index >= 15 is 0 Å². The second-order valence-corrected chi connectivity index (χ2v) is 13.1. The number of hydrazine groups is 1. The normalized spacial score (nSPS) is 17.1. The van der Waals surface area contributed by atoms with Gasteiger partial charge in [-0.2, -0.15) is 13.2 Å². The highest BCUT2D eigenvalue weighted by Gasteiger charge is 2.28. The van der Waals surface area contributed by atoms with Gasteiger partial charge >= 0.3 is 12.1 Å². The number of halogens is 3. The van der Waals surface area contributed by atoms with Crippen molar-refractivity contribution in [3.63, 3.8) is 0 Å². The Kier molecular flexibility index (Phi) is 17.1. The van der Waals surface area contributed by atoms with Crippen molar-refractivity contribution in [2.45, 2.75) is 148 Å².